The Balaban J connectivity index is 3.26. The molecule has 0 fully saturated rings. The van der Waals surface area contributed by atoms with Gasteiger partial charge in [-0.3, -0.25) is 0 Å². The molecule has 0 N–H and O–H groups in total. The van der Waals surface area contributed by atoms with Crippen molar-refractivity contribution >= 4 is 17.2 Å². The standard InChI is InChI=1S/C8H6ClF3N2O/c1-4(8(10,11)12)6-7(15-2)5(9)3-13-14-6/h3H,1H2,2H3. The van der Waals surface area contributed by atoms with Crippen molar-refractivity contribution < 1.29 is 17.9 Å². The molecule has 0 unspecified atom stereocenters. The monoisotopic (exact) mass is 238 g/mol. The highest BCUT2D eigenvalue weighted by Crippen LogP contribution is 2.37. The Hall–Kier alpha value is -1.30. The lowest BCUT2D eigenvalue weighted by Crippen LogP contribution is -2.12. The van der Waals surface area contributed by atoms with Gasteiger partial charge >= 0.3 is 6.18 Å². The molecule has 1 aromatic heterocycles. The van der Waals surface area contributed by atoms with Crippen LogP contribution in [0, 0.1) is 0 Å². The molecule has 0 aliphatic rings. The number of rotatable bonds is 2. The summed E-state index contributed by atoms with van der Waals surface area (Å²) >= 11 is 5.59. The summed E-state index contributed by atoms with van der Waals surface area (Å²) in [5, 5.41) is 6.55. The van der Waals surface area contributed by atoms with Crippen molar-refractivity contribution in [2.24, 2.45) is 0 Å². The van der Waals surface area contributed by atoms with Crippen LogP contribution >= 0.6 is 11.6 Å². The third kappa shape index (κ3) is 2.38. The molecule has 0 bridgehead atoms. The van der Waals surface area contributed by atoms with E-state index >= 15 is 0 Å². The number of ether oxygens (including phenoxy) is 1. The second kappa shape index (κ2) is 4.06. The van der Waals surface area contributed by atoms with Gasteiger partial charge in [0.25, 0.3) is 0 Å². The van der Waals surface area contributed by atoms with E-state index in [0.29, 0.717) is 0 Å². The van der Waals surface area contributed by atoms with E-state index in [9.17, 15) is 13.2 Å². The van der Waals surface area contributed by atoms with Gasteiger partial charge in [0.1, 0.15) is 10.7 Å². The van der Waals surface area contributed by atoms with Crippen LogP contribution in [0.15, 0.2) is 12.8 Å². The molecule has 15 heavy (non-hydrogen) atoms. The zero-order valence-corrected chi connectivity index (χ0v) is 8.35. The summed E-state index contributed by atoms with van der Waals surface area (Å²) in [5.41, 5.74) is -1.65. The number of allylic oxidation sites excluding steroid dienone is 1. The summed E-state index contributed by atoms with van der Waals surface area (Å²) in [6.45, 7) is 2.88. The van der Waals surface area contributed by atoms with Crippen molar-refractivity contribution in [1.82, 2.24) is 10.2 Å². The summed E-state index contributed by atoms with van der Waals surface area (Å²) in [7, 11) is 1.19. The van der Waals surface area contributed by atoms with Crippen molar-refractivity contribution in [3.05, 3.63) is 23.5 Å². The fraction of sp³-hybridized carbons (Fsp3) is 0.250. The van der Waals surface area contributed by atoms with Crippen LogP contribution in [-0.4, -0.2) is 23.5 Å². The molecule has 0 aliphatic carbocycles. The second-order valence-electron chi connectivity index (χ2n) is 2.55. The molecule has 0 aromatic carbocycles. The molecule has 0 spiro atoms. The maximum Gasteiger partial charge on any atom is 0.418 e. The zero-order chi connectivity index (χ0) is 11.6. The Bertz CT molecular complexity index is 392. The number of aromatic nitrogens is 2. The molecule has 82 valence electrons. The lowest BCUT2D eigenvalue weighted by atomic mass is 10.2. The van der Waals surface area contributed by atoms with Gasteiger partial charge in [0.2, 0.25) is 0 Å². The summed E-state index contributed by atoms with van der Waals surface area (Å²) in [6.07, 6.45) is -3.50. The first kappa shape index (κ1) is 11.8. The van der Waals surface area contributed by atoms with E-state index in [4.69, 9.17) is 16.3 Å². The SMILES string of the molecule is C=C(c1nncc(Cl)c1OC)C(F)(F)F. The quantitative estimate of drug-likeness (QED) is 0.795. The Morgan fingerprint density at radius 3 is 2.60 bits per heavy atom. The van der Waals surface area contributed by atoms with Crippen LogP contribution in [0.5, 0.6) is 5.75 Å². The van der Waals surface area contributed by atoms with E-state index < -0.39 is 17.4 Å². The van der Waals surface area contributed by atoms with Gasteiger partial charge in [-0.15, -0.1) is 5.10 Å². The highest BCUT2D eigenvalue weighted by molar-refractivity contribution is 6.32. The molecule has 3 nitrogen and oxygen atoms in total. The Morgan fingerprint density at radius 2 is 2.13 bits per heavy atom. The van der Waals surface area contributed by atoms with Crippen LogP contribution < -0.4 is 4.74 Å². The highest BCUT2D eigenvalue weighted by atomic mass is 35.5. The molecule has 7 heteroatoms. The van der Waals surface area contributed by atoms with Gasteiger partial charge in [0.05, 0.1) is 18.9 Å². The molecule has 0 aliphatic heterocycles. The van der Waals surface area contributed by atoms with Crippen molar-refractivity contribution in [3.63, 3.8) is 0 Å². The first-order chi connectivity index (χ1) is 6.88. The maximum atomic E-state index is 12.3. The Kier molecular flexibility index (Phi) is 3.18. The van der Waals surface area contributed by atoms with Crippen molar-refractivity contribution in [1.29, 1.82) is 0 Å². The van der Waals surface area contributed by atoms with E-state index in [-0.39, 0.29) is 10.8 Å². The van der Waals surface area contributed by atoms with Gasteiger partial charge in [-0.25, -0.2) is 0 Å². The molecule has 1 heterocycles. The van der Waals surface area contributed by atoms with Crippen LogP contribution in [0.25, 0.3) is 5.57 Å². The summed E-state index contributed by atoms with van der Waals surface area (Å²) < 4.78 is 41.6. The average Bonchev–Trinajstić information content (AvgIpc) is 2.14. The van der Waals surface area contributed by atoms with Crippen molar-refractivity contribution in [2.45, 2.75) is 6.18 Å². The molecule has 1 rings (SSSR count). The number of methoxy groups -OCH3 is 1. The highest BCUT2D eigenvalue weighted by Gasteiger charge is 2.36. The van der Waals surface area contributed by atoms with Gasteiger partial charge in [0.15, 0.2) is 5.75 Å². The third-order valence-corrected chi connectivity index (χ3v) is 1.86. The zero-order valence-electron chi connectivity index (χ0n) is 7.60. The molecule has 0 amide bonds. The molecule has 0 atom stereocenters. The topological polar surface area (TPSA) is 35.0 Å². The first-order valence-electron chi connectivity index (χ1n) is 3.69. The predicted octanol–water partition coefficient (Wildman–Crippen LogP) is 2.71. The third-order valence-electron chi connectivity index (χ3n) is 1.59. The number of hydrogen-bond donors (Lipinski definition) is 0. The predicted molar refractivity (Wildman–Crippen MR) is 48.7 cm³/mol. The second-order valence-corrected chi connectivity index (χ2v) is 2.96. The van der Waals surface area contributed by atoms with E-state index in [0.717, 1.165) is 6.20 Å². The van der Waals surface area contributed by atoms with Gasteiger partial charge in [-0.2, -0.15) is 18.3 Å². The normalized spacial score (nSPS) is 11.3. The first-order valence-corrected chi connectivity index (χ1v) is 4.07. The van der Waals surface area contributed by atoms with Crippen LogP contribution in [0.4, 0.5) is 13.2 Å². The lowest BCUT2D eigenvalue weighted by molar-refractivity contribution is -0.0690. The molecular formula is C8H6ClF3N2O. The maximum absolute atomic E-state index is 12.3. The molecule has 0 saturated heterocycles. The van der Waals surface area contributed by atoms with Gasteiger partial charge in [-0.05, 0) is 0 Å². The minimum absolute atomic E-state index is 0.0482. The number of halogens is 4. The lowest BCUT2D eigenvalue weighted by Gasteiger charge is -2.12. The van der Waals surface area contributed by atoms with Crippen LogP contribution in [0.2, 0.25) is 5.02 Å². The number of nitrogens with zero attached hydrogens (tertiary/aromatic N) is 2. The van der Waals surface area contributed by atoms with Crippen LogP contribution in [0.3, 0.4) is 0 Å². The van der Waals surface area contributed by atoms with Crippen molar-refractivity contribution in [2.75, 3.05) is 7.11 Å². The number of hydrogen-bond acceptors (Lipinski definition) is 3. The smallest absolute Gasteiger partial charge is 0.418 e. The minimum Gasteiger partial charge on any atom is -0.493 e. The van der Waals surface area contributed by atoms with Crippen LogP contribution in [0.1, 0.15) is 5.69 Å². The molecule has 0 radical (unpaired) electrons. The molecule has 1 aromatic rings. The Morgan fingerprint density at radius 1 is 1.53 bits per heavy atom. The van der Waals surface area contributed by atoms with Crippen molar-refractivity contribution in [3.8, 4) is 5.75 Å². The van der Waals surface area contributed by atoms with Gasteiger partial charge in [0, 0.05) is 0 Å². The van der Waals surface area contributed by atoms with E-state index in [1.807, 2.05) is 0 Å². The van der Waals surface area contributed by atoms with E-state index in [1.54, 1.807) is 0 Å². The van der Waals surface area contributed by atoms with Gasteiger partial charge in [-0.1, -0.05) is 18.2 Å². The minimum atomic E-state index is -4.59. The fourth-order valence-electron chi connectivity index (χ4n) is 0.880. The van der Waals surface area contributed by atoms with E-state index in [2.05, 4.69) is 16.8 Å². The average molecular weight is 239 g/mol. The molecular weight excluding hydrogens is 233 g/mol. The Labute approximate surface area is 88.5 Å². The molecule has 0 saturated carbocycles. The summed E-state index contributed by atoms with van der Waals surface area (Å²) in [6, 6.07) is 0. The fourth-order valence-corrected chi connectivity index (χ4v) is 1.09. The van der Waals surface area contributed by atoms with Crippen LogP contribution in [-0.2, 0) is 0 Å². The summed E-state index contributed by atoms with van der Waals surface area (Å²) in [4.78, 5) is 0. The largest absolute Gasteiger partial charge is 0.493 e. The number of alkyl halides is 3. The van der Waals surface area contributed by atoms with E-state index in [1.165, 1.54) is 7.11 Å². The van der Waals surface area contributed by atoms with Gasteiger partial charge < -0.3 is 4.74 Å². The summed E-state index contributed by atoms with van der Waals surface area (Å²) in [5.74, 6) is -0.186.